The Labute approximate surface area is 579 Å². The molecule has 2 aromatic carbocycles. The highest BCUT2D eigenvalue weighted by Crippen LogP contribution is 2.30. The van der Waals surface area contributed by atoms with Crippen molar-refractivity contribution in [1.82, 2.24) is 63.8 Å². The summed E-state index contributed by atoms with van der Waals surface area (Å²) in [6.07, 6.45) is 0.617. The van der Waals surface area contributed by atoms with Crippen LogP contribution in [0, 0.1) is 0 Å². The van der Waals surface area contributed by atoms with E-state index in [0.29, 0.717) is 37.8 Å². The molecule has 0 fully saturated rings. The Morgan fingerprint density at radius 2 is 0.940 bits per heavy atom. The van der Waals surface area contributed by atoms with E-state index in [4.69, 9.17) is 45.9 Å². The maximum atomic E-state index is 14.4. The number of unbranched alkanes of at least 4 members (excludes halogenated alkanes) is 2. The molecule has 13 amide bonds. The molecule has 11 atom stereocenters. The van der Waals surface area contributed by atoms with E-state index >= 15 is 0 Å². The summed E-state index contributed by atoms with van der Waals surface area (Å²) in [7, 11) is 0. The number of aryl methyl sites for hydroxylation is 1. The number of nitrogens with one attached hydrogen (secondary N) is 12. The number of nitrogens with zero attached hydrogens (tertiary/aromatic N) is 2. The van der Waals surface area contributed by atoms with Crippen LogP contribution in [0.15, 0.2) is 64.6 Å². The van der Waals surface area contributed by atoms with E-state index < -0.39 is 169 Å². The van der Waals surface area contributed by atoms with Gasteiger partial charge in [0.15, 0.2) is 11.9 Å². The molecule has 0 aliphatic heterocycles. The highest BCUT2D eigenvalue weighted by molar-refractivity contribution is 6.00. The number of primary amides is 1. The lowest BCUT2D eigenvalue weighted by molar-refractivity contribution is -0.138. The highest BCUT2D eigenvalue weighted by Gasteiger charge is 2.45. The number of rotatable bonds is 45. The van der Waals surface area contributed by atoms with Crippen molar-refractivity contribution in [3.05, 3.63) is 71.3 Å². The Kier molecular flexibility index (Phi) is 37.0. The molecule has 0 saturated carbocycles. The van der Waals surface area contributed by atoms with Gasteiger partial charge in [0.2, 0.25) is 76.8 Å². The van der Waals surface area contributed by atoms with Gasteiger partial charge in [0.25, 0.3) is 0 Å². The molecular weight excluding hydrogens is 1300 g/mol. The Hall–Kier alpha value is -10.1. The van der Waals surface area contributed by atoms with E-state index in [9.17, 15) is 72.5 Å². The zero-order valence-electron chi connectivity index (χ0n) is 56.7. The van der Waals surface area contributed by atoms with Crippen LogP contribution in [0.5, 0.6) is 0 Å². The molecule has 37 nitrogen and oxygen atoms in total. The number of guanidine groups is 2. The number of amides is 13. The molecule has 2 aromatic rings. The second-order valence-corrected chi connectivity index (χ2v) is 24.2. The summed E-state index contributed by atoms with van der Waals surface area (Å²) < 4.78 is 0. The van der Waals surface area contributed by atoms with Crippen LogP contribution in [0.3, 0.4) is 0 Å². The van der Waals surface area contributed by atoms with Crippen molar-refractivity contribution in [1.29, 1.82) is 0 Å². The highest BCUT2D eigenvalue weighted by atomic mass is 16.3. The number of benzene rings is 2. The van der Waals surface area contributed by atoms with Crippen LogP contribution >= 0.6 is 0 Å². The average Bonchev–Trinajstić information content (AvgIpc) is 0.777. The van der Waals surface area contributed by atoms with Crippen molar-refractivity contribution in [2.75, 3.05) is 52.4 Å². The van der Waals surface area contributed by atoms with Gasteiger partial charge < -0.3 is 120 Å². The lowest BCUT2D eigenvalue weighted by atomic mass is 9.77. The van der Waals surface area contributed by atoms with Crippen LogP contribution in [0.25, 0.3) is 0 Å². The second kappa shape index (κ2) is 44.0. The number of aliphatic hydroxyl groups is 2. The predicted molar refractivity (Wildman–Crippen MR) is 367 cm³/mol. The van der Waals surface area contributed by atoms with E-state index in [1.165, 1.54) is 20.8 Å². The van der Waals surface area contributed by atoms with Gasteiger partial charge in [0.05, 0.1) is 38.4 Å². The largest absolute Gasteiger partial charge is 0.394 e. The number of hydrogen-bond donors (Lipinski definition) is 22. The molecule has 37 heteroatoms. The van der Waals surface area contributed by atoms with Gasteiger partial charge in [-0.05, 0) is 134 Å². The Morgan fingerprint density at radius 3 is 1.46 bits per heavy atom. The van der Waals surface area contributed by atoms with Crippen molar-refractivity contribution in [2.24, 2.45) is 55.9 Å². The fourth-order valence-corrected chi connectivity index (χ4v) is 10.3. The molecule has 1 aliphatic carbocycles. The summed E-state index contributed by atoms with van der Waals surface area (Å²) in [5.74, 6) is -11.9. The van der Waals surface area contributed by atoms with Crippen LogP contribution in [0.2, 0.25) is 0 Å². The van der Waals surface area contributed by atoms with Gasteiger partial charge in [-0.15, -0.1) is 0 Å². The maximum absolute atomic E-state index is 14.4. The summed E-state index contributed by atoms with van der Waals surface area (Å²) in [5, 5.41) is 50.8. The van der Waals surface area contributed by atoms with Gasteiger partial charge in [0.1, 0.15) is 53.9 Å². The SMILES string of the molecule is C[C@H](NC(=O)CNC(=O)[C@@H](NC(=O)[C@]1(NC(=O)CNC(=O)CNC(=O)[C@@H](N)Cc2ccccc2)CCc2ccccc2C1)[C@@H](C)O)C(=O)N[C@@H](CCCN=C(N)N)C(=O)N[C@@H](CCCCN)C(=O)N[C@@H](CO)C(=O)N[C@@H](C)C(=O)N[C@@H](CCCN=C(N)N)C(=O)N[C@@H](CCCCN)C(N)=O. The third-order valence-electron chi connectivity index (χ3n) is 15.9. The summed E-state index contributed by atoms with van der Waals surface area (Å²) in [4.78, 5) is 183. The molecule has 0 saturated heterocycles. The van der Waals surface area contributed by atoms with Crippen LogP contribution in [-0.2, 0) is 81.6 Å². The number of fused-ring (bicyclic) bond motifs is 1. The van der Waals surface area contributed by atoms with E-state index in [0.717, 1.165) is 11.1 Å². The summed E-state index contributed by atoms with van der Waals surface area (Å²) in [5.41, 5.74) is 45.3. The first-order valence-electron chi connectivity index (χ1n) is 33.0. The van der Waals surface area contributed by atoms with Crippen LogP contribution < -0.4 is 110 Å². The fraction of sp³-hybridized carbons (Fsp3) is 0.571. The summed E-state index contributed by atoms with van der Waals surface area (Å²) in [6, 6.07) is 3.61. The zero-order valence-corrected chi connectivity index (χ0v) is 56.7. The van der Waals surface area contributed by atoms with E-state index in [1.54, 1.807) is 42.5 Å². The van der Waals surface area contributed by atoms with Crippen molar-refractivity contribution >= 4 is 88.7 Å². The topological polar surface area (TPSA) is 640 Å². The van der Waals surface area contributed by atoms with Crippen molar-refractivity contribution in [3.8, 4) is 0 Å². The number of nitrogens with two attached hydrogens (primary N) is 8. The molecule has 3 rings (SSSR count). The summed E-state index contributed by atoms with van der Waals surface area (Å²) in [6.45, 7) is 1.28. The Bertz CT molecular complexity index is 3150. The molecule has 1 aliphatic rings. The minimum Gasteiger partial charge on any atom is -0.394 e. The summed E-state index contributed by atoms with van der Waals surface area (Å²) >= 11 is 0. The van der Waals surface area contributed by atoms with Gasteiger partial charge >= 0.3 is 0 Å². The molecule has 0 spiro atoms. The number of carbonyl (C=O) groups excluding carboxylic acids is 13. The molecule has 0 bridgehead atoms. The molecule has 30 N–H and O–H groups in total. The smallest absolute Gasteiger partial charge is 0.246 e. The number of aliphatic hydroxyl groups excluding tert-OH is 2. The second-order valence-electron chi connectivity index (χ2n) is 24.2. The van der Waals surface area contributed by atoms with Crippen LogP contribution in [0.4, 0.5) is 0 Å². The molecule has 0 unspecified atom stereocenters. The molecule has 0 aromatic heterocycles. The number of aliphatic imine (C=N–C) groups is 2. The number of hydrogen-bond acceptors (Lipinski definition) is 20. The van der Waals surface area contributed by atoms with Gasteiger partial charge in [-0.1, -0.05) is 54.6 Å². The number of carbonyl (C=O) groups is 13. The molecule has 554 valence electrons. The van der Waals surface area contributed by atoms with E-state index in [-0.39, 0.29) is 95.8 Å². The minimum atomic E-state index is -1.73. The lowest BCUT2D eigenvalue weighted by Gasteiger charge is -2.38. The van der Waals surface area contributed by atoms with Crippen molar-refractivity contribution in [2.45, 2.75) is 177 Å². The lowest BCUT2D eigenvalue weighted by Crippen LogP contribution is -2.66. The molecule has 0 radical (unpaired) electrons. The maximum Gasteiger partial charge on any atom is 0.246 e. The third kappa shape index (κ3) is 30.3. The first-order chi connectivity index (χ1) is 47.4. The molecule has 100 heavy (non-hydrogen) atoms. The monoisotopic (exact) mass is 1410 g/mol. The van der Waals surface area contributed by atoms with Crippen molar-refractivity contribution < 1.29 is 72.5 Å². The Morgan fingerprint density at radius 1 is 0.490 bits per heavy atom. The Balaban J connectivity index is 1.70. The first-order valence-corrected chi connectivity index (χ1v) is 33.0. The van der Waals surface area contributed by atoms with Gasteiger partial charge in [-0.2, -0.15) is 0 Å². The van der Waals surface area contributed by atoms with Gasteiger partial charge in [-0.3, -0.25) is 72.3 Å². The van der Waals surface area contributed by atoms with Crippen molar-refractivity contribution in [3.63, 3.8) is 0 Å². The average molecular weight is 1410 g/mol. The fourth-order valence-electron chi connectivity index (χ4n) is 10.3. The first kappa shape index (κ1) is 84.1. The van der Waals surface area contributed by atoms with Gasteiger partial charge in [-0.25, -0.2) is 0 Å². The normalized spacial score (nSPS) is 16.0. The van der Waals surface area contributed by atoms with E-state index in [2.05, 4.69) is 73.8 Å². The predicted octanol–water partition coefficient (Wildman–Crippen LogP) is -8.91. The van der Waals surface area contributed by atoms with Gasteiger partial charge in [0, 0.05) is 19.5 Å². The standard InChI is InChI=1S/C63H102N22O15/c1-35(77-48(89)32-76-59(99)50(37(3)87)84-60(100)63(24-23-39-17-7-8-18-40(39)30-63)85-49(90)33-74-47(88)31-75-54(94)41(66)29-38-15-5-4-6-16-38)52(92)80-45(22-14-28-73-62(70)71)56(96)82-43(20-10-12-26-65)57(97)83-46(34-86)58(98)78-36(2)53(93)81-44(21-13-27-72-61(68)69)55(95)79-42(51(67)91)19-9-11-25-64/h4-8,15-18,35-37,41-46,50,86-87H,9-14,19-34,64-66H2,1-3H3,(H2,67,91)(H,74,88)(H,75,94)(H,76,99)(H,77,89)(H,78,98)(H,79,95)(H,80,92)(H,81,93)(H,82,96)(H,83,97)(H,84,100)(H,85,90)(H4,68,69,72)(H4,70,71,73)/t35-,36-,37+,41-,42-,43-,44-,45-,46-,50-,63-/m0/s1. The molecule has 0 heterocycles. The zero-order chi connectivity index (χ0) is 74.5. The van der Waals surface area contributed by atoms with Crippen LogP contribution in [-0.4, -0.2) is 217 Å². The van der Waals surface area contributed by atoms with Crippen LogP contribution in [0.1, 0.15) is 108 Å². The quantitative estimate of drug-likeness (QED) is 0.0166. The minimum absolute atomic E-state index is 0.0149. The third-order valence-corrected chi connectivity index (χ3v) is 15.9. The van der Waals surface area contributed by atoms with E-state index in [1.807, 2.05) is 12.1 Å². The molecular formula is C63H102N22O15.